The van der Waals surface area contributed by atoms with Gasteiger partial charge in [0.1, 0.15) is 5.75 Å². The first-order valence-corrected chi connectivity index (χ1v) is 9.64. The molecule has 0 radical (unpaired) electrons. The van der Waals surface area contributed by atoms with E-state index in [0.29, 0.717) is 0 Å². The molecule has 1 unspecified atom stereocenters. The molecule has 2 N–H and O–H groups in total. The number of guanidine groups is 1. The first-order chi connectivity index (χ1) is 11.3. The minimum absolute atomic E-state index is 0.726. The monoisotopic (exact) mass is 335 g/mol. The number of unbranched alkanes of at least 4 members (excludes halogenated alkanes) is 1. The van der Waals surface area contributed by atoms with Gasteiger partial charge in [0.15, 0.2) is 5.96 Å². The van der Waals surface area contributed by atoms with E-state index in [0.717, 1.165) is 49.5 Å². The van der Waals surface area contributed by atoms with E-state index in [1.165, 1.54) is 24.2 Å². The summed E-state index contributed by atoms with van der Waals surface area (Å²) in [6.45, 7) is 4.70. The van der Waals surface area contributed by atoms with E-state index in [2.05, 4.69) is 46.4 Å². The standard InChI is InChI=1S/C18H29N3OS/c1-3-4-10-22-16-8-5-7-15(12-16)13-20-18(19-2)21-14-17-9-6-11-23-17/h5,7-8,12,17H,3-4,6,9-11,13-14H2,1-2H3,(H2,19,20,21). The molecule has 1 aromatic rings. The number of benzene rings is 1. The van der Waals surface area contributed by atoms with Crippen LogP contribution < -0.4 is 15.4 Å². The van der Waals surface area contributed by atoms with Crippen LogP contribution >= 0.6 is 11.8 Å². The zero-order valence-electron chi connectivity index (χ0n) is 14.3. The van der Waals surface area contributed by atoms with Gasteiger partial charge in [-0.2, -0.15) is 11.8 Å². The molecule has 0 aromatic heterocycles. The molecule has 0 spiro atoms. The van der Waals surface area contributed by atoms with Gasteiger partial charge in [0, 0.05) is 25.4 Å². The van der Waals surface area contributed by atoms with Crippen LogP contribution in [0.25, 0.3) is 0 Å². The van der Waals surface area contributed by atoms with E-state index >= 15 is 0 Å². The number of hydrogen-bond donors (Lipinski definition) is 2. The van der Waals surface area contributed by atoms with Crippen molar-refractivity contribution in [3.8, 4) is 5.75 Å². The SMILES string of the molecule is CCCCOc1cccc(CNC(=NC)NCC2CCCS2)c1. The quantitative estimate of drug-likeness (QED) is 0.434. The first kappa shape index (κ1) is 18.0. The van der Waals surface area contributed by atoms with Crippen LogP contribution in [0.15, 0.2) is 29.3 Å². The molecule has 4 nitrogen and oxygen atoms in total. The highest BCUT2D eigenvalue weighted by molar-refractivity contribution is 8.00. The van der Waals surface area contributed by atoms with Crippen LogP contribution in [0.5, 0.6) is 5.75 Å². The van der Waals surface area contributed by atoms with Crippen molar-refractivity contribution in [2.24, 2.45) is 4.99 Å². The van der Waals surface area contributed by atoms with Crippen LogP contribution in [-0.2, 0) is 6.54 Å². The van der Waals surface area contributed by atoms with Crippen LogP contribution in [0.2, 0.25) is 0 Å². The molecule has 2 rings (SSSR count). The Kier molecular flexibility index (Phi) is 8.15. The number of nitrogens with one attached hydrogen (secondary N) is 2. The Hall–Kier alpha value is -1.36. The molecule has 0 saturated carbocycles. The minimum Gasteiger partial charge on any atom is -0.494 e. The predicted molar refractivity (Wildman–Crippen MR) is 101 cm³/mol. The van der Waals surface area contributed by atoms with Crippen molar-refractivity contribution in [1.82, 2.24) is 10.6 Å². The van der Waals surface area contributed by atoms with Gasteiger partial charge >= 0.3 is 0 Å². The third-order valence-corrected chi connectivity index (χ3v) is 5.27. The molecule has 0 amide bonds. The number of hydrogen-bond acceptors (Lipinski definition) is 3. The average Bonchev–Trinajstić information content (AvgIpc) is 3.09. The highest BCUT2D eigenvalue weighted by atomic mass is 32.2. The molecule has 1 aliphatic rings. The molecular formula is C18H29N3OS. The molecule has 1 atom stereocenters. The zero-order valence-corrected chi connectivity index (χ0v) is 15.1. The summed E-state index contributed by atoms with van der Waals surface area (Å²) in [5.41, 5.74) is 1.21. The second kappa shape index (κ2) is 10.4. The van der Waals surface area contributed by atoms with E-state index in [4.69, 9.17) is 4.74 Å². The minimum atomic E-state index is 0.726. The van der Waals surface area contributed by atoms with Gasteiger partial charge in [0.2, 0.25) is 0 Å². The van der Waals surface area contributed by atoms with Crippen molar-refractivity contribution in [2.75, 3.05) is 26.0 Å². The number of ether oxygens (including phenoxy) is 1. The Balaban J connectivity index is 1.75. The fourth-order valence-electron chi connectivity index (χ4n) is 2.50. The summed E-state index contributed by atoms with van der Waals surface area (Å²) in [5, 5.41) is 7.53. The maximum Gasteiger partial charge on any atom is 0.191 e. The van der Waals surface area contributed by atoms with Crippen molar-refractivity contribution < 1.29 is 4.74 Å². The summed E-state index contributed by atoms with van der Waals surface area (Å²) in [5.74, 6) is 3.11. The molecule has 1 saturated heterocycles. The number of thioether (sulfide) groups is 1. The van der Waals surface area contributed by atoms with Crippen molar-refractivity contribution in [3.63, 3.8) is 0 Å². The van der Waals surface area contributed by atoms with E-state index in [9.17, 15) is 0 Å². The van der Waals surface area contributed by atoms with Crippen LogP contribution in [0, 0.1) is 0 Å². The number of nitrogens with zero attached hydrogens (tertiary/aromatic N) is 1. The molecule has 1 aromatic carbocycles. The predicted octanol–water partition coefficient (Wildman–Crippen LogP) is 3.43. The first-order valence-electron chi connectivity index (χ1n) is 8.59. The summed E-state index contributed by atoms with van der Waals surface area (Å²) in [6.07, 6.45) is 4.90. The normalized spacial score (nSPS) is 18.0. The van der Waals surface area contributed by atoms with E-state index in [1.807, 2.05) is 19.2 Å². The Morgan fingerprint density at radius 2 is 2.30 bits per heavy atom. The fourth-order valence-corrected chi connectivity index (χ4v) is 3.70. The molecule has 5 heteroatoms. The Labute approximate surface area is 144 Å². The molecule has 1 fully saturated rings. The smallest absolute Gasteiger partial charge is 0.191 e. The van der Waals surface area contributed by atoms with Gasteiger partial charge in [-0.05, 0) is 42.7 Å². The highest BCUT2D eigenvalue weighted by Crippen LogP contribution is 2.25. The molecule has 23 heavy (non-hydrogen) atoms. The third kappa shape index (κ3) is 6.73. The number of aliphatic imine (C=N–C) groups is 1. The van der Waals surface area contributed by atoms with Crippen molar-refractivity contribution in [2.45, 2.75) is 44.4 Å². The summed E-state index contributed by atoms with van der Waals surface area (Å²) in [7, 11) is 1.82. The van der Waals surface area contributed by atoms with E-state index in [-0.39, 0.29) is 0 Å². The van der Waals surface area contributed by atoms with Gasteiger partial charge in [0.05, 0.1) is 6.61 Å². The third-order valence-electron chi connectivity index (χ3n) is 3.87. The Morgan fingerprint density at radius 3 is 3.04 bits per heavy atom. The summed E-state index contributed by atoms with van der Waals surface area (Å²) < 4.78 is 5.76. The van der Waals surface area contributed by atoms with Crippen molar-refractivity contribution in [3.05, 3.63) is 29.8 Å². The Morgan fingerprint density at radius 1 is 1.39 bits per heavy atom. The molecule has 0 aliphatic carbocycles. The lowest BCUT2D eigenvalue weighted by molar-refractivity contribution is 0.309. The summed E-state index contributed by atoms with van der Waals surface area (Å²) in [4.78, 5) is 4.30. The topological polar surface area (TPSA) is 45.6 Å². The maximum absolute atomic E-state index is 5.76. The van der Waals surface area contributed by atoms with E-state index in [1.54, 1.807) is 0 Å². The average molecular weight is 336 g/mol. The fraction of sp³-hybridized carbons (Fsp3) is 0.611. The maximum atomic E-state index is 5.76. The van der Waals surface area contributed by atoms with Gasteiger partial charge in [-0.15, -0.1) is 0 Å². The van der Waals surface area contributed by atoms with Gasteiger partial charge in [0.25, 0.3) is 0 Å². The molecule has 128 valence electrons. The molecule has 1 heterocycles. The van der Waals surface area contributed by atoms with Crippen LogP contribution in [0.1, 0.15) is 38.2 Å². The lowest BCUT2D eigenvalue weighted by atomic mass is 10.2. The van der Waals surface area contributed by atoms with Crippen molar-refractivity contribution >= 4 is 17.7 Å². The van der Waals surface area contributed by atoms with Crippen molar-refractivity contribution in [1.29, 1.82) is 0 Å². The largest absolute Gasteiger partial charge is 0.494 e. The molecule has 0 bridgehead atoms. The van der Waals surface area contributed by atoms with Gasteiger partial charge in [-0.25, -0.2) is 0 Å². The van der Waals surface area contributed by atoms with Crippen LogP contribution in [0.3, 0.4) is 0 Å². The molecular weight excluding hydrogens is 306 g/mol. The lowest BCUT2D eigenvalue weighted by Crippen LogP contribution is -2.39. The van der Waals surface area contributed by atoms with E-state index < -0.39 is 0 Å². The second-order valence-electron chi connectivity index (χ2n) is 5.79. The lowest BCUT2D eigenvalue weighted by Gasteiger charge is -2.15. The summed E-state index contributed by atoms with van der Waals surface area (Å²) >= 11 is 2.06. The summed E-state index contributed by atoms with van der Waals surface area (Å²) in [6, 6.07) is 8.27. The highest BCUT2D eigenvalue weighted by Gasteiger charge is 2.15. The van der Waals surface area contributed by atoms with Gasteiger partial charge < -0.3 is 15.4 Å². The second-order valence-corrected chi connectivity index (χ2v) is 7.20. The van der Waals surface area contributed by atoms with Crippen LogP contribution in [0.4, 0.5) is 0 Å². The molecule has 1 aliphatic heterocycles. The number of rotatable bonds is 8. The zero-order chi connectivity index (χ0) is 16.3. The van der Waals surface area contributed by atoms with Gasteiger partial charge in [-0.3, -0.25) is 4.99 Å². The Bertz CT molecular complexity index is 487. The van der Waals surface area contributed by atoms with Gasteiger partial charge in [-0.1, -0.05) is 25.5 Å². The van der Waals surface area contributed by atoms with Crippen LogP contribution in [-0.4, -0.2) is 37.2 Å².